The van der Waals surface area contributed by atoms with E-state index in [1.165, 1.54) is 12.8 Å². The molecule has 5 heteroatoms. The van der Waals surface area contributed by atoms with E-state index in [0.717, 1.165) is 54.0 Å². The predicted molar refractivity (Wildman–Crippen MR) is 98.2 cm³/mol. The second-order valence-corrected chi connectivity index (χ2v) is 7.50. The van der Waals surface area contributed by atoms with Crippen LogP contribution < -0.4 is 4.74 Å². The SMILES string of the molecule is Cc1noc(C)c1COc1ccc(C(=O)N(C2CCCC2)C2CC2)cc1. The highest BCUT2D eigenvalue weighted by atomic mass is 16.5. The lowest BCUT2D eigenvalue weighted by Crippen LogP contribution is -2.40. The van der Waals surface area contributed by atoms with Gasteiger partial charge in [-0.3, -0.25) is 4.79 Å². The minimum Gasteiger partial charge on any atom is -0.489 e. The van der Waals surface area contributed by atoms with Crippen molar-refractivity contribution in [1.29, 1.82) is 0 Å². The molecule has 0 atom stereocenters. The fourth-order valence-electron chi connectivity index (χ4n) is 3.87. The number of nitrogens with zero attached hydrogens (tertiary/aromatic N) is 2. The van der Waals surface area contributed by atoms with Crippen LogP contribution in [0.15, 0.2) is 28.8 Å². The van der Waals surface area contributed by atoms with E-state index in [9.17, 15) is 4.79 Å². The molecule has 2 fully saturated rings. The van der Waals surface area contributed by atoms with Gasteiger partial charge in [-0.1, -0.05) is 18.0 Å². The van der Waals surface area contributed by atoms with Gasteiger partial charge in [0.2, 0.25) is 0 Å². The van der Waals surface area contributed by atoms with Gasteiger partial charge >= 0.3 is 0 Å². The first kappa shape index (κ1) is 17.1. The maximum absolute atomic E-state index is 13.0. The average Bonchev–Trinajstić information content (AvgIpc) is 3.23. The zero-order valence-electron chi connectivity index (χ0n) is 15.5. The van der Waals surface area contributed by atoms with Gasteiger partial charge in [0, 0.05) is 17.6 Å². The highest BCUT2D eigenvalue weighted by Crippen LogP contribution is 2.35. The summed E-state index contributed by atoms with van der Waals surface area (Å²) in [5.74, 6) is 1.71. The van der Waals surface area contributed by atoms with Crippen LogP contribution in [0.2, 0.25) is 0 Å². The van der Waals surface area contributed by atoms with Crippen LogP contribution in [0, 0.1) is 13.8 Å². The Kier molecular flexibility index (Phi) is 4.70. The topological polar surface area (TPSA) is 55.6 Å². The number of hydrogen-bond acceptors (Lipinski definition) is 4. The zero-order valence-corrected chi connectivity index (χ0v) is 15.5. The monoisotopic (exact) mass is 354 g/mol. The van der Waals surface area contributed by atoms with Crippen molar-refractivity contribution in [2.75, 3.05) is 0 Å². The summed E-state index contributed by atoms with van der Waals surface area (Å²) in [5.41, 5.74) is 2.59. The Balaban J connectivity index is 1.42. The van der Waals surface area contributed by atoms with Gasteiger partial charge < -0.3 is 14.2 Å². The van der Waals surface area contributed by atoms with Crippen LogP contribution in [-0.2, 0) is 6.61 Å². The first-order valence-electron chi connectivity index (χ1n) is 9.61. The second-order valence-electron chi connectivity index (χ2n) is 7.50. The quantitative estimate of drug-likeness (QED) is 0.771. The zero-order chi connectivity index (χ0) is 18.1. The molecule has 1 heterocycles. The van der Waals surface area contributed by atoms with E-state index >= 15 is 0 Å². The van der Waals surface area contributed by atoms with Gasteiger partial charge in [0.25, 0.3) is 5.91 Å². The Bertz CT molecular complexity index is 752. The average molecular weight is 354 g/mol. The maximum Gasteiger partial charge on any atom is 0.254 e. The molecule has 0 spiro atoms. The first-order chi connectivity index (χ1) is 12.6. The van der Waals surface area contributed by atoms with Crippen molar-refractivity contribution in [3.05, 3.63) is 46.8 Å². The summed E-state index contributed by atoms with van der Waals surface area (Å²) in [6.07, 6.45) is 7.11. The fourth-order valence-corrected chi connectivity index (χ4v) is 3.87. The number of ether oxygens (including phenoxy) is 1. The van der Waals surface area contributed by atoms with Crippen molar-refractivity contribution < 1.29 is 14.1 Å². The molecular formula is C21H26N2O3. The summed E-state index contributed by atoms with van der Waals surface area (Å²) in [6, 6.07) is 8.42. The van der Waals surface area contributed by atoms with Crippen molar-refractivity contribution >= 4 is 5.91 Å². The van der Waals surface area contributed by atoms with Gasteiger partial charge in [0.05, 0.1) is 11.3 Å². The molecule has 1 amide bonds. The van der Waals surface area contributed by atoms with E-state index in [1.807, 2.05) is 38.1 Å². The van der Waals surface area contributed by atoms with Crippen LogP contribution in [0.1, 0.15) is 65.9 Å². The minimum atomic E-state index is 0.177. The lowest BCUT2D eigenvalue weighted by Gasteiger charge is -2.29. The van der Waals surface area contributed by atoms with Crippen molar-refractivity contribution in [1.82, 2.24) is 10.1 Å². The molecule has 2 saturated carbocycles. The van der Waals surface area contributed by atoms with Crippen molar-refractivity contribution in [2.45, 2.75) is 71.1 Å². The highest BCUT2D eigenvalue weighted by Gasteiger charge is 2.38. The van der Waals surface area contributed by atoms with Gasteiger partial charge in [-0.2, -0.15) is 0 Å². The van der Waals surface area contributed by atoms with Gasteiger partial charge in [-0.25, -0.2) is 0 Å². The van der Waals surface area contributed by atoms with Crippen LogP contribution in [0.5, 0.6) is 5.75 Å². The lowest BCUT2D eigenvalue weighted by molar-refractivity contribution is 0.0664. The van der Waals surface area contributed by atoms with Crippen molar-refractivity contribution in [3.8, 4) is 5.75 Å². The Morgan fingerprint density at radius 1 is 1.12 bits per heavy atom. The number of benzene rings is 1. The van der Waals surface area contributed by atoms with Crippen molar-refractivity contribution in [3.63, 3.8) is 0 Å². The molecule has 0 N–H and O–H groups in total. The third-order valence-corrected chi connectivity index (χ3v) is 5.56. The van der Waals surface area contributed by atoms with Crippen LogP contribution in [0.3, 0.4) is 0 Å². The maximum atomic E-state index is 13.0. The summed E-state index contributed by atoms with van der Waals surface area (Å²) in [7, 11) is 0. The highest BCUT2D eigenvalue weighted by molar-refractivity contribution is 5.95. The van der Waals surface area contributed by atoms with Crippen LogP contribution >= 0.6 is 0 Å². The Morgan fingerprint density at radius 2 is 1.77 bits per heavy atom. The van der Waals surface area contributed by atoms with Gasteiger partial charge in [0.1, 0.15) is 18.1 Å². The van der Waals surface area contributed by atoms with E-state index in [1.54, 1.807) is 0 Å². The van der Waals surface area contributed by atoms with Crippen LogP contribution in [0.25, 0.3) is 0 Å². The molecule has 4 rings (SSSR count). The van der Waals surface area contributed by atoms with E-state index in [2.05, 4.69) is 10.1 Å². The first-order valence-corrected chi connectivity index (χ1v) is 9.61. The van der Waals surface area contributed by atoms with E-state index < -0.39 is 0 Å². The van der Waals surface area contributed by atoms with Crippen LogP contribution in [0.4, 0.5) is 0 Å². The molecule has 26 heavy (non-hydrogen) atoms. The summed E-state index contributed by atoms with van der Waals surface area (Å²) in [4.78, 5) is 15.2. The third-order valence-electron chi connectivity index (χ3n) is 5.56. The van der Waals surface area contributed by atoms with Gasteiger partial charge in [-0.15, -0.1) is 0 Å². The molecule has 1 aromatic carbocycles. The lowest BCUT2D eigenvalue weighted by atomic mass is 10.1. The summed E-state index contributed by atoms with van der Waals surface area (Å²) in [5, 5.41) is 3.94. The molecule has 1 aromatic heterocycles. The molecule has 2 aliphatic carbocycles. The van der Waals surface area contributed by atoms with E-state index in [-0.39, 0.29) is 5.91 Å². The second kappa shape index (κ2) is 7.14. The molecule has 5 nitrogen and oxygen atoms in total. The van der Waals surface area contributed by atoms with Gasteiger partial charge in [0.15, 0.2) is 0 Å². The summed E-state index contributed by atoms with van der Waals surface area (Å²) >= 11 is 0. The van der Waals surface area contributed by atoms with Crippen LogP contribution in [-0.4, -0.2) is 28.0 Å². The molecule has 2 aromatic rings. The molecule has 0 unspecified atom stereocenters. The smallest absolute Gasteiger partial charge is 0.254 e. The fraction of sp³-hybridized carbons (Fsp3) is 0.524. The molecule has 138 valence electrons. The molecule has 2 aliphatic rings. The molecule has 0 aliphatic heterocycles. The number of carbonyl (C=O) groups is 1. The minimum absolute atomic E-state index is 0.177. The molecular weight excluding hydrogens is 328 g/mol. The molecule has 0 radical (unpaired) electrons. The molecule has 0 bridgehead atoms. The summed E-state index contributed by atoms with van der Waals surface area (Å²) < 4.78 is 11.0. The Labute approximate surface area is 154 Å². The van der Waals surface area contributed by atoms with Crippen molar-refractivity contribution in [2.24, 2.45) is 0 Å². The number of rotatable bonds is 6. The number of carbonyl (C=O) groups excluding carboxylic acids is 1. The van der Waals surface area contributed by atoms with E-state index in [4.69, 9.17) is 9.26 Å². The van der Waals surface area contributed by atoms with E-state index in [0.29, 0.717) is 18.7 Å². The standard InChI is InChI=1S/C21H26N2O3/c1-14-20(15(2)26-22-14)13-25-19-11-7-16(8-12-19)21(24)23(18-9-10-18)17-5-3-4-6-17/h7-8,11-12,17-18H,3-6,9-10,13H2,1-2H3. The number of amides is 1. The predicted octanol–water partition coefficient (Wildman–Crippen LogP) is 4.42. The van der Waals surface area contributed by atoms with Gasteiger partial charge in [-0.05, 0) is 63.8 Å². The number of aryl methyl sites for hydroxylation is 2. The molecule has 0 saturated heterocycles. The number of aromatic nitrogens is 1. The Morgan fingerprint density at radius 3 is 2.35 bits per heavy atom. The number of hydrogen-bond donors (Lipinski definition) is 0. The normalized spacial score (nSPS) is 17.5. The Hall–Kier alpha value is -2.30. The largest absolute Gasteiger partial charge is 0.489 e. The third kappa shape index (κ3) is 3.48. The summed E-state index contributed by atoms with van der Waals surface area (Å²) in [6.45, 7) is 4.22.